The molecule has 28 heavy (non-hydrogen) atoms. The quantitative estimate of drug-likeness (QED) is 0.372. The number of non-ortho nitro benzene ring substituents is 1. The summed E-state index contributed by atoms with van der Waals surface area (Å²) in [4.78, 5) is 39.2. The van der Waals surface area contributed by atoms with Crippen molar-refractivity contribution in [1.29, 1.82) is 0 Å². The lowest BCUT2D eigenvalue weighted by atomic mass is 10.1. The Labute approximate surface area is 163 Å². The van der Waals surface area contributed by atoms with E-state index in [1.165, 1.54) is 19.2 Å². The number of esters is 1. The first-order valence-corrected chi connectivity index (χ1v) is 9.21. The molecule has 0 aliphatic rings. The predicted molar refractivity (Wildman–Crippen MR) is 104 cm³/mol. The van der Waals surface area contributed by atoms with E-state index in [0.717, 1.165) is 16.9 Å². The van der Waals surface area contributed by atoms with E-state index < -0.39 is 16.8 Å². The molecule has 2 aromatic carbocycles. The molecular weight excluding hydrogens is 382 g/mol. The van der Waals surface area contributed by atoms with Gasteiger partial charge in [0.2, 0.25) is 0 Å². The van der Waals surface area contributed by atoms with Gasteiger partial charge in [-0.15, -0.1) is 0 Å². The highest BCUT2D eigenvalue weighted by Crippen LogP contribution is 2.23. The van der Waals surface area contributed by atoms with E-state index in [1.807, 2.05) is 19.1 Å². The van der Waals surface area contributed by atoms with Gasteiger partial charge in [0, 0.05) is 24.2 Å². The number of thiazole rings is 1. The van der Waals surface area contributed by atoms with E-state index in [0.29, 0.717) is 20.6 Å². The van der Waals surface area contributed by atoms with Gasteiger partial charge >= 0.3 is 5.97 Å². The standard InChI is InChI=1S/C19H17N3O5S/c1-12-3-5-13(6-4-12)18(24)20-19-21(10-9-17(23)27-2)15-8-7-14(22(25)26)11-16(15)28-19/h3-8,11H,9-10H2,1-2H3. The SMILES string of the molecule is COC(=O)CCn1c(=NC(=O)c2ccc(C)cc2)sc2cc([N+](=O)[O-])ccc21. The molecule has 9 heteroatoms. The van der Waals surface area contributed by atoms with Crippen LogP contribution in [0.4, 0.5) is 5.69 Å². The molecule has 0 unspecified atom stereocenters. The first-order valence-electron chi connectivity index (χ1n) is 8.39. The fraction of sp³-hybridized carbons (Fsp3) is 0.211. The molecule has 3 aromatic rings. The Morgan fingerprint density at radius 2 is 1.93 bits per heavy atom. The summed E-state index contributed by atoms with van der Waals surface area (Å²) in [5.74, 6) is -0.822. The van der Waals surface area contributed by atoms with Gasteiger partial charge in [-0.05, 0) is 25.1 Å². The van der Waals surface area contributed by atoms with Gasteiger partial charge in [0.15, 0.2) is 4.80 Å². The van der Waals surface area contributed by atoms with E-state index in [4.69, 9.17) is 0 Å². The minimum Gasteiger partial charge on any atom is -0.469 e. The minimum atomic E-state index is -0.480. The zero-order valence-electron chi connectivity index (χ0n) is 15.2. The number of benzene rings is 2. The Balaban J connectivity index is 2.09. The van der Waals surface area contributed by atoms with Gasteiger partial charge < -0.3 is 9.30 Å². The van der Waals surface area contributed by atoms with Gasteiger partial charge in [-0.2, -0.15) is 4.99 Å². The fourth-order valence-corrected chi connectivity index (χ4v) is 3.72. The molecule has 3 rings (SSSR count). The molecule has 0 spiro atoms. The maximum absolute atomic E-state index is 12.6. The largest absolute Gasteiger partial charge is 0.469 e. The van der Waals surface area contributed by atoms with Crippen molar-refractivity contribution < 1.29 is 19.2 Å². The summed E-state index contributed by atoms with van der Waals surface area (Å²) in [5.41, 5.74) is 2.08. The number of nitro groups is 1. The van der Waals surface area contributed by atoms with Crippen molar-refractivity contribution in [2.45, 2.75) is 19.9 Å². The van der Waals surface area contributed by atoms with Gasteiger partial charge in [0.25, 0.3) is 11.6 Å². The van der Waals surface area contributed by atoms with Crippen LogP contribution in [0.1, 0.15) is 22.3 Å². The van der Waals surface area contributed by atoms with Crippen molar-refractivity contribution >= 4 is 39.1 Å². The number of ether oxygens (including phenoxy) is 1. The van der Waals surface area contributed by atoms with Crippen molar-refractivity contribution in [3.63, 3.8) is 0 Å². The number of nitrogens with zero attached hydrogens (tertiary/aromatic N) is 3. The summed E-state index contributed by atoms with van der Waals surface area (Å²) >= 11 is 1.16. The van der Waals surface area contributed by atoms with Gasteiger partial charge in [-0.1, -0.05) is 29.0 Å². The Bertz CT molecular complexity index is 1130. The number of hydrogen-bond donors (Lipinski definition) is 0. The third-order valence-electron chi connectivity index (χ3n) is 4.14. The van der Waals surface area contributed by atoms with Gasteiger partial charge in [0.05, 0.1) is 28.7 Å². The zero-order chi connectivity index (χ0) is 20.3. The minimum absolute atomic E-state index is 0.0507. The molecule has 1 heterocycles. The van der Waals surface area contributed by atoms with Crippen molar-refractivity contribution in [2.24, 2.45) is 4.99 Å². The summed E-state index contributed by atoms with van der Waals surface area (Å²) in [6.07, 6.45) is 0.0885. The van der Waals surface area contributed by atoms with E-state index in [9.17, 15) is 19.7 Å². The summed E-state index contributed by atoms with van der Waals surface area (Å²) in [5, 5.41) is 11.0. The monoisotopic (exact) mass is 399 g/mol. The average molecular weight is 399 g/mol. The van der Waals surface area contributed by atoms with Crippen LogP contribution in [0.2, 0.25) is 0 Å². The van der Waals surface area contributed by atoms with E-state index >= 15 is 0 Å². The van der Waals surface area contributed by atoms with E-state index in [2.05, 4.69) is 9.73 Å². The van der Waals surface area contributed by atoms with Crippen LogP contribution >= 0.6 is 11.3 Å². The summed E-state index contributed by atoms with van der Waals surface area (Å²) < 4.78 is 6.98. The molecule has 0 saturated heterocycles. The van der Waals surface area contributed by atoms with Crippen LogP contribution in [0.25, 0.3) is 10.2 Å². The molecule has 0 aliphatic carbocycles. The molecule has 0 bridgehead atoms. The molecule has 144 valence electrons. The Kier molecular flexibility index (Phi) is 5.65. The zero-order valence-corrected chi connectivity index (χ0v) is 16.1. The highest BCUT2D eigenvalue weighted by atomic mass is 32.1. The third-order valence-corrected chi connectivity index (χ3v) is 5.18. The van der Waals surface area contributed by atoms with E-state index in [-0.39, 0.29) is 18.7 Å². The number of carbonyl (C=O) groups excluding carboxylic acids is 2. The fourth-order valence-electron chi connectivity index (χ4n) is 2.63. The first-order chi connectivity index (χ1) is 13.4. The van der Waals surface area contributed by atoms with Gasteiger partial charge in [0.1, 0.15) is 0 Å². The second kappa shape index (κ2) is 8.13. The lowest BCUT2D eigenvalue weighted by Gasteiger charge is -2.04. The van der Waals surface area contributed by atoms with Crippen molar-refractivity contribution in [1.82, 2.24) is 4.57 Å². The number of hydrogen-bond acceptors (Lipinski definition) is 6. The van der Waals surface area contributed by atoms with Gasteiger partial charge in [-0.3, -0.25) is 19.7 Å². The molecule has 0 radical (unpaired) electrons. The lowest BCUT2D eigenvalue weighted by molar-refractivity contribution is -0.384. The molecule has 0 atom stereocenters. The summed E-state index contributed by atoms with van der Waals surface area (Å²) in [7, 11) is 1.30. The normalized spacial score (nSPS) is 11.6. The van der Waals surface area contributed by atoms with Gasteiger partial charge in [-0.25, -0.2) is 0 Å². The van der Waals surface area contributed by atoms with Crippen LogP contribution in [-0.4, -0.2) is 28.5 Å². The predicted octanol–water partition coefficient (Wildman–Crippen LogP) is 3.22. The van der Waals surface area contributed by atoms with Crippen molar-refractivity contribution in [2.75, 3.05) is 7.11 Å². The molecule has 1 aromatic heterocycles. The lowest BCUT2D eigenvalue weighted by Crippen LogP contribution is -2.19. The van der Waals surface area contributed by atoms with Crippen LogP contribution < -0.4 is 4.80 Å². The summed E-state index contributed by atoms with van der Waals surface area (Å²) in [6.45, 7) is 2.16. The number of nitro benzene ring substituents is 1. The Hall–Kier alpha value is -3.33. The number of methoxy groups -OCH3 is 1. The smallest absolute Gasteiger partial charge is 0.307 e. The Morgan fingerprint density at radius 1 is 1.21 bits per heavy atom. The van der Waals surface area contributed by atoms with Crippen LogP contribution in [0, 0.1) is 17.0 Å². The van der Waals surface area contributed by atoms with Crippen molar-refractivity contribution in [3.05, 3.63) is 68.5 Å². The average Bonchev–Trinajstić information content (AvgIpc) is 3.02. The van der Waals surface area contributed by atoms with Crippen LogP contribution in [0.15, 0.2) is 47.5 Å². The molecule has 1 amide bonds. The Morgan fingerprint density at radius 3 is 2.57 bits per heavy atom. The maximum Gasteiger partial charge on any atom is 0.307 e. The molecule has 8 nitrogen and oxygen atoms in total. The highest BCUT2D eigenvalue weighted by Gasteiger charge is 2.14. The second-order valence-corrected chi connectivity index (χ2v) is 7.06. The number of rotatable bonds is 5. The second-order valence-electron chi connectivity index (χ2n) is 6.05. The number of amides is 1. The van der Waals surface area contributed by atoms with Crippen LogP contribution in [-0.2, 0) is 16.1 Å². The molecule has 0 saturated carbocycles. The first kappa shape index (κ1) is 19.4. The van der Waals surface area contributed by atoms with Crippen LogP contribution in [0.3, 0.4) is 0 Å². The number of aryl methyl sites for hydroxylation is 2. The molecular formula is C19H17N3O5S. The van der Waals surface area contributed by atoms with Crippen LogP contribution in [0.5, 0.6) is 0 Å². The highest BCUT2D eigenvalue weighted by molar-refractivity contribution is 7.16. The maximum atomic E-state index is 12.6. The number of fused-ring (bicyclic) bond motifs is 1. The molecule has 0 fully saturated rings. The topological polar surface area (TPSA) is 104 Å². The molecule has 0 aliphatic heterocycles. The third kappa shape index (κ3) is 4.15. The number of aromatic nitrogens is 1. The number of carbonyl (C=O) groups is 2. The van der Waals surface area contributed by atoms with E-state index in [1.54, 1.807) is 22.8 Å². The summed E-state index contributed by atoms with van der Waals surface area (Å²) in [6, 6.07) is 11.4. The van der Waals surface area contributed by atoms with Crippen molar-refractivity contribution in [3.8, 4) is 0 Å². The molecule has 0 N–H and O–H groups in total.